The summed E-state index contributed by atoms with van der Waals surface area (Å²) in [6.07, 6.45) is 0. The van der Waals surface area contributed by atoms with E-state index in [1.165, 1.54) is 0 Å². The lowest BCUT2D eigenvalue weighted by molar-refractivity contribution is 0.596. The predicted octanol–water partition coefficient (Wildman–Crippen LogP) is 3.85. The highest BCUT2D eigenvalue weighted by Gasteiger charge is 2.16. The molecule has 132 valence electrons. The summed E-state index contributed by atoms with van der Waals surface area (Å²) in [4.78, 5) is 0.519. The van der Waals surface area contributed by atoms with Crippen molar-refractivity contribution < 1.29 is 8.42 Å². The number of nitrogens with one attached hydrogen (secondary N) is 1. The van der Waals surface area contributed by atoms with Crippen molar-refractivity contribution in [3.63, 3.8) is 0 Å². The third-order valence-corrected chi connectivity index (χ3v) is 5.63. The minimum absolute atomic E-state index is 0.245. The van der Waals surface area contributed by atoms with Crippen LogP contribution < -0.4 is 5.32 Å². The fourth-order valence-electron chi connectivity index (χ4n) is 2.41. The highest BCUT2D eigenvalue weighted by molar-refractivity contribution is 7.91. The van der Waals surface area contributed by atoms with Crippen molar-refractivity contribution in [1.82, 2.24) is 0 Å². The first-order valence-corrected chi connectivity index (χ1v) is 9.71. The minimum Gasteiger partial charge on any atom is -0.374 e. The molecule has 5 heteroatoms. The Bertz CT molecular complexity index is 1120. The summed E-state index contributed by atoms with van der Waals surface area (Å²) in [5.41, 5.74) is 2.23. The molecule has 0 heterocycles. The van der Waals surface area contributed by atoms with E-state index in [0.29, 0.717) is 12.1 Å². The summed E-state index contributed by atoms with van der Waals surface area (Å²) in [6, 6.07) is 24.1. The first-order chi connectivity index (χ1) is 13.1. The maximum Gasteiger partial charge on any atom is 0.206 e. The van der Waals surface area contributed by atoms with Crippen LogP contribution in [0, 0.1) is 23.2 Å². The second-order valence-corrected chi connectivity index (χ2v) is 7.64. The van der Waals surface area contributed by atoms with Gasteiger partial charge < -0.3 is 5.32 Å². The van der Waals surface area contributed by atoms with Crippen LogP contribution in [-0.4, -0.2) is 15.0 Å². The summed E-state index contributed by atoms with van der Waals surface area (Å²) < 4.78 is 25.1. The Hall–Kier alpha value is -3.54. The van der Waals surface area contributed by atoms with Gasteiger partial charge in [-0.2, -0.15) is 5.26 Å². The van der Waals surface area contributed by atoms with Crippen LogP contribution in [0.1, 0.15) is 11.1 Å². The molecule has 0 aliphatic carbocycles. The lowest BCUT2D eigenvalue weighted by atomic mass is 10.2. The predicted molar refractivity (Wildman–Crippen MR) is 105 cm³/mol. The largest absolute Gasteiger partial charge is 0.374 e. The van der Waals surface area contributed by atoms with E-state index < -0.39 is 9.84 Å². The molecule has 0 saturated carbocycles. The highest BCUT2D eigenvalue weighted by Crippen LogP contribution is 2.20. The molecule has 0 spiro atoms. The topological polar surface area (TPSA) is 70.0 Å². The third kappa shape index (κ3) is 4.55. The van der Waals surface area contributed by atoms with Crippen LogP contribution in [-0.2, 0) is 9.84 Å². The van der Waals surface area contributed by atoms with E-state index in [9.17, 15) is 8.42 Å². The molecule has 1 N–H and O–H groups in total. The molecule has 4 nitrogen and oxygen atoms in total. The first-order valence-electron chi connectivity index (χ1n) is 8.23. The Morgan fingerprint density at radius 3 is 2.00 bits per heavy atom. The van der Waals surface area contributed by atoms with Crippen molar-refractivity contribution in [2.24, 2.45) is 0 Å². The van der Waals surface area contributed by atoms with E-state index in [1.54, 1.807) is 66.7 Å². The molecule has 0 unspecified atom stereocenters. The molecule has 27 heavy (non-hydrogen) atoms. The highest BCUT2D eigenvalue weighted by atomic mass is 32.2. The second-order valence-electron chi connectivity index (χ2n) is 5.69. The smallest absolute Gasteiger partial charge is 0.206 e. The molecule has 0 aromatic heterocycles. The van der Waals surface area contributed by atoms with E-state index >= 15 is 0 Å². The molecular formula is C22H16N2O2S. The Morgan fingerprint density at radius 2 is 1.37 bits per heavy atom. The fraction of sp³-hybridized carbons (Fsp3) is 0.0455. The maximum atomic E-state index is 12.5. The van der Waals surface area contributed by atoms with Gasteiger partial charge in [0, 0.05) is 11.3 Å². The molecule has 0 saturated heterocycles. The summed E-state index contributed by atoms with van der Waals surface area (Å²) in [5, 5.41) is 11.9. The molecule has 3 aromatic rings. The average Bonchev–Trinajstić information content (AvgIpc) is 2.72. The maximum absolute atomic E-state index is 12.5. The van der Waals surface area contributed by atoms with E-state index in [-0.39, 0.29) is 9.79 Å². The first kappa shape index (κ1) is 18.3. The zero-order valence-corrected chi connectivity index (χ0v) is 15.2. The zero-order chi connectivity index (χ0) is 19.1. The van der Waals surface area contributed by atoms with Crippen LogP contribution in [0.5, 0.6) is 0 Å². The molecule has 3 rings (SSSR count). The molecule has 0 aliphatic heterocycles. The molecule has 0 amide bonds. The Balaban J connectivity index is 1.64. The molecule has 0 bridgehead atoms. The normalized spacial score (nSPS) is 10.3. The molecule has 0 aliphatic rings. The zero-order valence-electron chi connectivity index (χ0n) is 14.4. The van der Waals surface area contributed by atoms with Crippen molar-refractivity contribution in [3.05, 3.63) is 90.0 Å². The summed E-state index contributed by atoms with van der Waals surface area (Å²) >= 11 is 0. The quantitative estimate of drug-likeness (QED) is 0.706. The number of hydrogen-bond acceptors (Lipinski definition) is 4. The molecule has 3 aromatic carbocycles. The molecule has 0 radical (unpaired) electrons. The van der Waals surface area contributed by atoms with Gasteiger partial charge in [0.2, 0.25) is 9.84 Å². The molecule has 0 atom stereocenters. The second kappa shape index (κ2) is 8.23. The molecule has 0 fully saturated rings. The standard InChI is InChI=1S/C22H16N2O2S/c23-17-19-8-12-20(13-9-19)24-16-4-5-18-10-14-22(15-11-18)27(25,26)21-6-2-1-3-7-21/h1-3,6-15,24H,16H2. The van der Waals surface area contributed by atoms with Crippen molar-refractivity contribution >= 4 is 15.5 Å². The van der Waals surface area contributed by atoms with Gasteiger partial charge in [0.05, 0.1) is 28.0 Å². The van der Waals surface area contributed by atoms with Crippen LogP contribution in [0.3, 0.4) is 0 Å². The SMILES string of the molecule is N#Cc1ccc(NCC#Cc2ccc(S(=O)(=O)c3ccccc3)cc2)cc1. The number of sulfone groups is 1. The number of rotatable bonds is 4. The Morgan fingerprint density at radius 1 is 0.778 bits per heavy atom. The number of hydrogen-bond donors (Lipinski definition) is 1. The summed E-state index contributed by atoms with van der Waals surface area (Å²) in [7, 11) is -3.51. The number of anilines is 1. The van der Waals surface area contributed by atoms with Gasteiger partial charge in [-0.1, -0.05) is 30.0 Å². The number of nitriles is 1. The summed E-state index contributed by atoms with van der Waals surface area (Å²) in [6.45, 7) is 0.440. The van der Waals surface area contributed by atoms with E-state index in [4.69, 9.17) is 5.26 Å². The number of benzene rings is 3. The van der Waals surface area contributed by atoms with Gasteiger partial charge in [0.15, 0.2) is 0 Å². The van der Waals surface area contributed by atoms with Gasteiger partial charge in [0.25, 0.3) is 0 Å². The van der Waals surface area contributed by atoms with Gasteiger partial charge in [-0.25, -0.2) is 8.42 Å². The minimum atomic E-state index is -3.51. The lowest BCUT2D eigenvalue weighted by Gasteiger charge is -2.04. The van der Waals surface area contributed by atoms with Crippen LogP contribution in [0.25, 0.3) is 0 Å². The van der Waals surface area contributed by atoms with Gasteiger partial charge in [-0.3, -0.25) is 0 Å². The summed E-state index contributed by atoms with van der Waals surface area (Å²) in [5.74, 6) is 5.99. The van der Waals surface area contributed by atoms with Crippen molar-refractivity contribution in [2.45, 2.75) is 9.79 Å². The Kier molecular flexibility index (Phi) is 5.56. The van der Waals surface area contributed by atoms with Crippen molar-refractivity contribution in [3.8, 4) is 17.9 Å². The lowest BCUT2D eigenvalue weighted by Crippen LogP contribution is -2.01. The molecular weight excluding hydrogens is 356 g/mol. The van der Waals surface area contributed by atoms with Crippen molar-refractivity contribution in [1.29, 1.82) is 5.26 Å². The van der Waals surface area contributed by atoms with Crippen LogP contribution in [0.15, 0.2) is 88.7 Å². The van der Waals surface area contributed by atoms with E-state index in [2.05, 4.69) is 23.2 Å². The number of nitrogens with zero attached hydrogens (tertiary/aromatic N) is 1. The average molecular weight is 372 g/mol. The monoisotopic (exact) mass is 372 g/mol. The van der Waals surface area contributed by atoms with Gasteiger partial charge in [0.1, 0.15) is 0 Å². The van der Waals surface area contributed by atoms with E-state index in [1.807, 2.05) is 12.1 Å². The van der Waals surface area contributed by atoms with Crippen molar-refractivity contribution in [2.75, 3.05) is 11.9 Å². The third-order valence-electron chi connectivity index (χ3n) is 3.85. The van der Waals surface area contributed by atoms with Gasteiger partial charge >= 0.3 is 0 Å². The fourth-order valence-corrected chi connectivity index (χ4v) is 3.69. The van der Waals surface area contributed by atoms with Crippen LogP contribution >= 0.6 is 0 Å². The van der Waals surface area contributed by atoms with E-state index in [0.717, 1.165) is 11.3 Å². The van der Waals surface area contributed by atoms with Gasteiger partial charge in [-0.05, 0) is 60.7 Å². The van der Waals surface area contributed by atoms with Gasteiger partial charge in [-0.15, -0.1) is 0 Å². The van der Waals surface area contributed by atoms with Crippen LogP contribution in [0.4, 0.5) is 5.69 Å². The Labute approximate surface area is 159 Å². The van der Waals surface area contributed by atoms with Crippen LogP contribution in [0.2, 0.25) is 0 Å².